The molecular weight excluding hydrogens is 246 g/mol. The summed E-state index contributed by atoms with van der Waals surface area (Å²) < 4.78 is 5.63. The van der Waals surface area contributed by atoms with Crippen LogP contribution in [0, 0.1) is 29.9 Å². The highest BCUT2D eigenvalue weighted by atomic mass is 16.6. The van der Waals surface area contributed by atoms with Crippen molar-refractivity contribution >= 4 is 5.69 Å². The largest absolute Gasteiger partial charge is 0.375 e. The Hall–Kier alpha value is -1.53. The summed E-state index contributed by atoms with van der Waals surface area (Å²) in [7, 11) is 0. The number of nitrogens with one attached hydrogen (secondary N) is 1. The molecular formula is C13H19N3O3. The Labute approximate surface area is 112 Å². The van der Waals surface area contributed by atoms with Crippen molar-refractivity contribution in [1.82, 2.24) is 10.3 Å². The topological polar surface area (TPSA) is 77.3 Å². The molecule has 0 radical (unpaired) electrons. The van der Waals surface area contributed by atoms with E-state index in [2.05, 4.69) is 10.3 Å². The molecule has 0 amide bonds. The van der Waals surface area contributed by atoms with Gasteiger partial charge in [-0.25, -0.2) is 0 Å². The van der Waals surface area contributed by atoms with Crippen LogP contribution in [-0.2, 0) is 11.3 Å². The maximum Gasteiger partial charge on any atom is 0.278 e. The van der Waals surface area contributed by atoms with Crippen LogP contribution in [-0.4, -0.2) is 29.6 Å². The molecule has 1 unspecified atom stereocenters. The predicted octanol–water partition coefficient (Wildman–Crippen LogP) is 1.73. The molecule has 1 aromatic heterocycles. The Morgan fingerprint density at radius 1 is 1.58 bits per heavy atom. The van der Waals surface area contributed by atoms with E-state index >= 15 is 0 Å². The van der Waals surface area contributed by atoms with E-state index in [4.69, 9.17) is 4.74 Å². The lowest BCUT2D eigenvalue weighted by molar-refractivity contribution is -0.386. The number of aromatic nitrogens is 1. The quantitative estimate of drug-likeness (QED) is 0.648. The summed E-state index contributed by atoms with van der Waals surface area (Å²) in [4.78, 5) is 14.9. The number of nitro groups is 1. The van der Waals surface area contributed by atoms with E-state index in [1.165, 1.54) is 0 Å². The van der Waals surface area contributed by atoms with Crippen molar-refractivity contribution in [3.8, 4) is 0 Å². The molecule has 1 aliphatic rings. The highest BCUT2D eigenvalue weighted by Gasteiger charge is 2.19. The summed E-state index contributed by atoms with van der Waals surface area (Å²) in [5.74, 6) is 0.542. The van der Waals surface area contributed by atoms with Gasteiger partial charge in [0.15, 0.2) is 0 Å². The summed E-state index contributed by atoms with van der Waals surface area (Å²) in [5.41, 5.74) is 2.00. The minimum atomic E-state index is -0.350. The van der Waals surface area contributed by atoms with Crippen LogP contribution in [0.4, 0.5) is 5.69 Å². The van der Waals surface area contributed by atoms with Gasteiger partial charge in [0.2, 0.25) is 0 Å². The third-order valence-electron chi connectivity index (χ3n) is 3.51. The van der Waals surface area contributed by atoms with Gasteiger partial charge in [-0.3, -0.25) is 15.1 Å². The van der Waals surface area contributed by atoms with Crippen LogP contribution in [0.25, 0.3) is 0 Å². The van der Waals surface area contributed by atoms with E-state index in [-0.39, 0.29) is 10.6 Å². The zero-order valence-electron chi connectivity index (χ0n) is 11.3. The van der Waals surface area contributed by atoms with Crippen molar-refractivity contribution in [2.45, 2.75) is 26.9 Å². The summed E-state index contributed by atoms with van der Waals surface area (Å²) in [5, 5.41) is 14.3. The zero-order valence-corrected chi connectivity index (χ0v) is 11.3. The van der Waals surface area contributed by atoms with Crippen LogP contribution >= 0.6 is 0 Å². The number of hydrogen-bond donors (Lipinski definition) is 1. The molecule has 0 saturated carbocycles. The molecule has 1 atom stereocenters. The molecule has 2 heterocycles. The minimum Gasteiger partial charge on any atom is -0.375 e. The van der Waals surface area contributed by atoms with Crippen molar-refractivity contribution in [2.24, 2.45) is 5.92 Å². The molecule has 1 saturated heterocycles. The average Bonchev–Trinajstić information content (AvgIpc) is 2.85. The number of ether oxygens (including phenoxy) is 1. The Kier molecular flexibility index (Phi) is 4.44. The van der Waals surface area contributed by atoms with Gasteiger partial charge in [-0.1, -0.05) is 0 Å². The van der Waals surface area contributed by atoms with Crippen LogP contribution in [0.1, 0.15) is 23.2 Å². The Morgan fingerprint density at radius 2 is 2.37 bits per heavy atom. The highest BCUT2D eigenvalue weighted by Crippen LogP contribution is 2.24. The smallest absolute Gasteiger partial charge is 0.278 e. The SMILES string of the molecule is Cc1cnc(COCC2CCNC2)c(C)c1[N+](=O)[O-]. The minimum absolute atomic E-state index is 0.149. The van der Waals surface area contributed by atoms with Gasteiger partial charge in [-0.05, 0) is 32.7 Å². The molecule has 0 aromatic carbocycles. The molecule has 1 aromatic rings. The number of pyridine rings is 1. The van der Waals surface area contributed by atoms with Crippen LogP contribution in [0.3, 0.4) is 0 Å². The Balaban J connectivity index is 2.00. The van der Waals surface area contributed by atoms with Crippen molar-refractivity contribution in [3.05, 3.63) is 33.1 Å². The van der Waals surface area contributed by atoms with E-state index in [0.717, 1.165) is 19.5 Å². The van der Waals surface area contributed by atoms with Gasteiger partial charge in [0.1, 0.15) is 0 Å². The zero-order chi connectivity index (χ0) is 13.8. The van der Waals surface area contributed by atoms with E-state index < -0.39 is 0 Å². The second kappa shape index (κ2) is 6.08. The van der Waals surface area contributed by atoms with E-state index in [0.29, 0.717) is 36.0 Å². The molecule has 19 heavy (non-hydrogen) atoms. The Bertz CT molecular complexity index is 470. The lowest BCUT2D eigenvalue weighted by Crippen LogP contribution is -2.14. The number of rotatable bonds is 5. The third kappa shape index (κ3) is 3.27. The molecule has 0 bridgehead atoms. The van der Waals surface area contributed by atoms with Gasteiger partial charge >= 0.3 is 0 Å². The van der Waals surface area contributed by atoms with Crippen molar-refractivity contribution < 1.29 is 9.66 Å². The predicted molar refractivity (Wildman–Crippen MR) is 71.0 cm³/mol. The standard InChI is InChI=1S/C13H19N3O3/c1-9-5-15-12(10(2)13(9)16(17)18)8-19-7-11-3-4-14-6-11/h5,11,14H,3-4,6-8H2,1-2H3. The summed E-state index contributed by atoms with van der Waals surface area (Å²) in [6.45, 7) is 6.47. The normalized spacial score (nSPS) is 18.7. The lowest BCUT2D eigenvalue weighted by atomic mass is 10.1. The van der Waals surface area contributed by atoms with Gasteiger partial charge in [0.05, 0.1) is 29.4 Å². The summed E-state index contributed by atoms with van der Waals surface area (Å²) >= 11 is 0. The first-order chi connectivity index (χ1) is 9.09. The molecule has 0 spiro atoms. The monoisotopic (exact) mass is 265 g/mol. The van der Waals surface area contributed by atoms with E-state index in [9.17, 15) is 10.1 Å². The molecule has 0 aliphatic carbocycles. The molecule has 2 rings (SSSR count). The maximum atomic E-state index is 11.0. The number of aryl methyl sites for hydroxylation is 1. The van der Waals surface area contributed by atoms with Gasteiger partial charge in [-0.15, -0.1) is 0 Å². The third-order valence-corrected chi connectivity index (χ3v) is 3.51. The van der Waals surface area contributed by atoms with Gasteiger partial charge in [0.25, 0.3) is 5.69 Å². The highest BCUT2D eigenvalue weighted by molar-refractivity contribution is 5.47. The first kappa shape index (κ1) is 13.9. The number of nitrogens with zero attached hydrogens (tertiary/aromatic N) is 2. The van der Waals surface area contributed by atoms with Crippen molar-refractivity contribution in [1.29, 1.82) is 0 Å². The first-order valence-corrected chi connectivity index (χ1v) is 6.47. The average molecular weight is 265 g/mol. The first-order valence-electron chi connectivity index (χ1n) is 6.47. The molecule has 1 fully saturated rings. The summed E-state index contributed by atoms with van der Waals surface area (Å²) in [6, 6.07) is 0. The van der Waals surface area contributed by atoms with Crippen molar-refractivity contribution in [3.63, 3.8) is 0 Å². The Morgan fingerprint density at radius 3 is 3.00 bits per heavy atom. The second-order valence-corrected chi connectivity index (χ2v) is 4.99. The number of hydrogen-bond acceptors (Lipinski definition) is 5. The van der Waals surface area contributed by atoms with E-state index in [1.807, 2.05) is 0 Å². The second-order valence-electron chi connectivity index (χ2n) is 4.99. The van der Waals surface area contributed by atoms with Gasteiger partial charge in [-0.2, -0.15) is 0 Å². The molecule has 1 aliphatic heterocycles. The van der Waals surface area contributed by atoms with Crippen LogP contribution in [0.2, 0.25) is 0 Å². The van der Waals surface area contributed by atoms with Crippen LogP contribution < -0.4 is 5.32 Å². The molecule has 104 valence electrons. The van der Waals surface area contributed by atoms with E-state index in [1.54, 1.807) is 20.0 Å². The molecule has 6 heteroatoms. The fraction of sp³-hybridized carbons (Fsp3) is 0.615. The fourth-order valence-corrected chi connectivity index (χ4v) is 2.37. The van der Waals surface area contributed by atoms with Gasteiger partial charge in [0, 0.05) is 18.3 Å². The molecule has 1 N–H and O–H groups in total. The van der Waals surface area contributed by atoms with Gasteiger partial charge < -0.3 is 10.1 Å². The molecule has 6 nitrogen and oxygen atoms in total. The van der Waals surface area contributed by atoms with Crippen LogP contribution in [0.5, 0.6) is 0 Å². The maximum absolute atomic E-state index is 11.0. The fourth-order valence-electron chi connectivity index (χ4n) is 2.37. The lowest BCUT2D eigenvalue weighted by Gasteiger charge is -2.11. The van der Waals surface area contributed by atoms with Crippen molar-refractivity contribution in [2.75, 3.05) is 19.7 Å². The summed E-state index contributed by atoms with van der Waals surface area (Å²) in [6.07, 6.45) is 2.67. The van der Waals surface area contributed by atoms with Crippen LogP contribution in [0.15, 0.2) is 6.20 Å².